The van der Waals surface area contributed by atoms with E-state index in [2.05, 4.69) is 34.4 Å². The van der Waals surface area contributed by atoms with Gasteiger partial charge in [-0.1, -0.05) is 24.7 Å². The monoisotopic (exact) mass is 254 g/mol. The van der Waals surface area contributed by atoms with Crippen LogP contribution < -0.4 is 5.32 Å². The highest BCUT2D eigenvalue weighted by Gasteiger charge is 2.19. The number of nitrogens with zero attached hydrogens (tertiary/aromatic N) is 3. The van der Waals surface area contributed by atoms with Crippen molar-refractivity contribution in [1.29, 1.82) is 0 Å². The van der Waals surface area contributed by atoms with Crippen LogP contribution in [0, 0.1) is 5.92 Å². The summed E-state index contributed by atoms with van der Waals surface area (Å²) in [6.07, 6.45) is 5.35. The van der Waals surface area contributed by atoms with Crippen molar-refractivity contribution in [2.75, 3.05) is 25.5 Å². The first-order chi connectivity index (χ1) is 8.28. The van der Waals surface area contributed by atoms with Gasteiger partial charge >= 0.3 is 0 Å². The molecule has 0 spiro atoms. The van der Waals surface area contributed by atoms with Gasteiger partial charge in [0.25, 0.3) is 0 Å². The molecule has 1 aliphatic rings. The molecule has 1 saturated carbocycles. The molecule has 0 atom stereocenters. The van der Waals surface area contributed by atoms with Crippen LogP contribution in [0.5, 0.6) is 0 Å². The molecule has 2 rings (SSSR count). The third kappa shape index (κ3) is 3.92. The number of anilines is 1. The number of rotatable bonds is 7. The van der Waals surface area contributed by atoms with Crippen molar-refractivity contribution in [2.24, 2.45) is 5.92 Å². The van der Waals surface area contributed by atoms with Crippen molar-refractivity contribution < 1.29 is 0 Å². The molecule has 0 aliphatic heterocycles. The Hall–Kier alpha value is -0.680. The molecule has 1 aromatic heterocycles. The highest BCUT2D eigenvalue weighted by Crippen LogP contribution is 2.27. The fourth-order valence-corrected chi connectivity index (χ4v) is 2.88. The quantitative estimate of drug-likeness (QED) is 0.812. The van der Waals surface area contributed by atoms with E-state index in [9.17, 15) is 0 Å². The average molecular weight is 254 g/mol. The molecular weight excluding hydrogens is 232 g/mol. The SMILES string of the molecule is CCCNc1nnc(CN(C)CC2CCC2)s1. The Morgan fingerprint density at radius 2 is 2.24 bits per heavy atom. The molecule has 0 aromatic carbocycles. The van der Waals surface area contributed by atoms with Gasteiger partial charge in [-0.3, -0.25) is 4.90 Å². The van der Waals surface area contributed by atoms with Crippen molar-refractivity contribution in [1.82, 2.24) is 15.1 Å². The molecule has 4 nitrogen and oxygen atoms in total. The van der Waals surface area contributed by atoms with E-state index < -0.39 is 0 Å². The maximum absolute atomic E-state index is 4.22. The van der Waals surface area contributed by atoms with E-state index in [-0.39, 0.29) is 0 Å². The Bertz CT molecular complexity index is 335. The van der Waals surface area contributed by atoms with E-state index in [1.54, 1.807) is 11.3 Å². The van der Waals surface area contributed by atoms with E-state index in [0.717, 1.165) is 35.6 Å². The highest BCUT2D eigenvalue weighted by atomic mass is 32.1. The second-order valence-electron chi connectivity index (χ2n) is 4.92. The second kappa shape index (κ2) is 6.31. The van der Waals surface area contributed by atoms with Gasteiger partial charge in [-0.15, -0.1) is 10.2 Å². The normalized spacial score (nSPS) is 16.2. The summed E-state index contributed by atoms with van der Waals surface area (Å²) in [6, 6.07) is 0. The minimum absolute atomic E-state index is 0.922. The Morgan fingerprint density at radius 1 is 1.41 bits per heavy atom. The molecule has 1 fully saturated rings. The van der Waals surface area contributed by atoms with Crippen LogP contribution >= 0.6 is 11.3 Å². The van der Waals surface area contributed by atoms with Crippen LogP contribution in [0.15, 0.2) is 0 Å². The minimum Gasteiger partial charge on any atom is -0.360 e. The first kappa shape index (κ1) is 12.8. The van der Waals surface area contributed by atoms with Gasteiger partial charge in [0.05, 0.1) is 6.54 Å². The molecular formula is C12H22N4S. The van der Waals surface area contributed by atoms with Crippen molar-refractivity contribution in [3.63, 3.8) is 0 Å². The second-order valence-corrected chi connectivity index (χ2v) is 5.98. The zero-order chi connectivity index (χ0) is 12.1. The van der Waals surface area contributed by atoms with Gasteiger partial charge in [0.2, 0.25) is 5.13 Å². The summed E-state index contributed by atoms with van der Waals surface area (Å²) in [7, 11) is 2.18. The summed E-state index contributed by atoms with van der Waals surface area (Å²) in [5, 5.41) is 13.7. The molecule has 0 amide bonds. The van der Waals surface area contributed by atoms with Gasteiger partial charge in [-0.25, -0.2) is 0 Å². The molecule has 0 unspecified atom stereocenters. The smallest absolute Gasteiger partial charge is 0.205 e. The molecule has 1 aliphatic carbocycles. The molecule has 17 heavy (non-hydrogen) atoms. The van der Waals surface area contributed by atoms with Crippen molar-refractivity contribution >= 4 is 16.5 Å². The van der Waals surface area contributed by atoms with Crippen LogP contribution in [0.3, 0.4) is 0 Å². The van der Waals surface area contributed by atoms with Gasteiger partial charge in [0.15, 0.2) is 0 Å². The topological polar surface area (TPSA) is 41.1 Å². The Balaban J connectivity index is 1.74. The van der Waals surface area contributed by atoms with E-state index in [1.807, 2.05) is 0 Å². The van der Waals surface area contributed by atoms with E-state index in [4.69, 9.17) is 0 Å². The summed E-state index contributed by atoms with van der Waals surface area (Å²) in [4.78, 5) is 2.37. The lowest BCUT2D eigenvalue weighted by molar-refractivity contribution is 0.200. The molecule has 1 heterocycles. The maximum Gasteiger partial charge on any atom is 0.205 e. The summed E-state index contributed by atoms with van der Waals surface area (Å²) >= 11 is 1.68. The highest BCUT2D eigenvalue weighted by molar-refractivity contribution is 7.15. The summed E-state index contributed by atoms with van der Waals surface area (Å²) in [6.45, 7) is 5.27. The Morgan fingerprint density at radius 3 is 2.88 bits per heavy atom. The largest absolute Gasteiger partial charge is 0.360 e. The molecule has 0 saturated heterocycles. The lowest BCUT2D eigenvalue weighted by Gasteiger charge is -2.29. The average Bonchev–Trinajstić information content (AvgIpc) is 2.68. The van der Waals surface area contributed by atoms with Crippen LogP contribution in [-0.2, 0) is 6.54 Å². The van der Waals surface area contributed by atoms with Gasteiger partial charge < -0.3 is 5.32 Å². The standard InChI is InChI=1S/C12H22N4S/c1-3-7-13-12-15-14-11(17-12)9-16(2)8-10-5-4-6-10/h10H,3-9H2,1-2H3,(H,13,15). The van der Waals surface area contributed by atoms with E-state index in [1.165, 1.54) is 25.8 Å². The van der Waals surface area contributed by atoms with Gasteiger partial charge in [-0.05, 0) is 32.2 Å². The summed E-state index contributed by atoms with van der Waals surface area (Å²) in [5.41, 5.74) is 0. The van der Waals surface area contributed by atoms with Gasteiger partial charge in [0, 0.05) is 13.1 Å². The van der Waals surface area contributed by atoms with Gasteiger partial charge in [-0.2, -0.15) is 0 Å². The summed E-state index contributed by atoms with van der Waals surface area (Å²) in [5.74, 6) is 0.922. The number of aromatic nitrogens is 2. The van der Waals surface area contributed by atoms with Crippen LogP contribution in [0.2, 0.25) is 0 Å². The Labute approximate surface area is 107 Å². The fourth-order valence-electron chi connectivity index (χ4n) is 2.03. The van der Waals surface area contributed by atoms with E-state index >= 15 is 0 Å². The zero-order valence-corrected chi connectivity index (χ0v) is 11.6. The third-order valence-electron chi connectivity index (χ3n) is 3.19. The third-order valence-corrected chi connectivity index (χ3v) is 4.06. The number of hydrogen-bond donors (Lipinski definition) is 1. The summed E-state index contributed by atoms with van der Waals surface area (Å²) < 4.78 is 0. The molecule has 5 heteroatoms. The molecule has 0 radical (unpaired) electrons. The van der Waals surface area contributed by atoms with Gasteiger partial charge in [0.1, 0.15) is 5.01 Å². The first-order valence-electron chi connectivity index (χ1n) is 6.52. The zero-order valence-electron chi connectivity index (χ0n) is 10.8. The van der Waals surface area contributed by atoms with Crippen molar-refractivity contribution in [3.05, 3.63) is 5.01 Å². The van der Waals surface area contributed by atoms with Crippen LogP contribution in [0.25, 0.3) is 0 Å². The lowest BCUT2D eigenvalue weighted by Crippen LogP contribution is -2.29. The van der Waals surface area contributed by atoms with Crippen molar-refractivity contribution in [3.8, 4) is 0 Å². The number of hydrogen-bond acceptors (Lipinski definition) is 5. The number of nitrogens with one attached hydrogen (secondary N) is 1. The molecule has 96 valence electrons. The van der Waals surface area contributed by atoms with E-state index in [0.29, 0.717) is 0 Å². The maximum atomic E-state index is 4.22. The van der Waals surface area contributed by atoms with Crippen molar-refractivity contribution in [2.45, 2.75) is 39.2 Å². The predicted octanol–water partition coefficient (Wildman–Crippen LogP) is 2.59. The Kier molecular flexibility index (Phi) is 4.74. The predicted molar refractivity (Wildman–Crippen MR) is 72.4 cm³/mol. The first-order valence-corrected chi connectivity index (χ1v) is 7.34. The lowest BCUT2D eigenvalue weighted by atomic mass is 9.85. The molecule has 0 bridgehead atoms. The van der Waals surface area contributed by atoms with Crippen LogP contribution in [0.1, 0.15) is 37.6 Å². The molecule has 1 N–H and O–H groups in total. The van der Waals surface area contributed by atoms with Crippen LogP contribution in [-0.4, -0.2) is 35.2 Å². The minimum atomic E-state index is 0.922. The molecule has 1 aromatic rings. The van der Waals surface area contributed by atoms with Crippen LogP contribution in [0.4, 0.5) is 5.13 Å². The fraction of sp³-hybridized carbons (Fsp3) is 0.833.